The number of benzene rings is 1. The molecule has 1 aliphatic heterocycles. The topological polar surface area (TPSA) is 72.4 Å². The zero-order valence-corrected chi connectivity index (χ0v) is 10.7. The van der Waals surface area contributed by atoms with Crippen molar-refractivity contribution >= 4 is 33.7 Å². The van der Waals surface area contributed by atoms with Gasteiger partial charge in [-0.15, -0.1) is 11.3 Å². The molecular weight excluding hydrogens is 260 g/mol. The number of carbonyl (C=O) groups excluding carboxylic acids is 1. The zero-order chi connectivity index (χ0) is 13.0. The number of nitrogens with zero attached hydrogens (tertiary/aromatic N) is 2. The van der Waals surface area contributed by atoms with Gasteiger partial charge in [0.25, 0.3) is 0 Å². The summed E-state index contributed by atoms with van der Waals surface area (Å²) in [5, 5.41) is 4.89. The molecule has 0 unspecified atom stereocenters. The number of rotatable bonds is 1. The first-order valence-corrected chi connectivity index (χ1v) is 6.74. The fraction of sp³-hybridized carbons (Fsp3) is 0.0769. The molecule has 1 amide bonds. The monoisotopic (exact) mass is 270 g/mol. The Bertz CT molecular complexity index is 817. The molecule has 0 fully saturated rings. The Kier molecular flexibility index (Phi) is 1.99. The first-order chi connectivity index (χ1) is 9.22. The van der Waals surface area contributed by atoms with Crippen LogP contribution in [0.2, 0.25) is 0 Å². The third kappa shape index (κ3) is 1.47. The Labute approximate surface area is 112 Å². The van der Waals surface area contributed by atoms with Crippen LogP contribution in [0, 0.1) is 0 Å². The van der Waals surface area contributed by atoms with Crippen LogP contribution in [0.5, 0.6) is 0 Å². The highest BCUT2D eigenvalue weighted by molar-refractivity contribution is 7.16. The molecule has 3 aromatic rings. The van der Waals surface area contributed by atoms with Gasteiger partial charge in [0.15, 0.2) is 0 Å². The van der Waals surface area contributed by atoms with Crippen LogP contribution < -0.4 is 11.1 Å². The van der Waals surface area contributed by atoms with E-state index in [0.29, 0.717) is 12.4 Å². The number of hydrogen-bond donors (Lipinski definition) is 2. The summed E-state index contributed by atoms with van der Waals surface area (Å²) in [7, 11) is 0. The molecule has 4 rings (SSSR count). The van der Waals surface area contributed by atoms with Crippen LogP contribution in [0.15, 0.2) is 29.8 Å². The Hall–Kier alpha value is -2.34. The number of thiazole rings is 1. The highest BCUT2D eigenvalue weighted by atomic mass is 32.1. The molecule has 1 aromatic carbocycles. The summed E-state index contributed by atoms with van der Waals surface area (Å²) < 4.78 is 1.93. The van der Waals surface area contributed by atoms with Crippen molar-refractivity contribution in [2.45, 2.75) is 6.42 Å². The number of nitrogens with one attached hydrogen (secondary N) is 1. The number of hydrogen-bond acceptors (Lipinski definition) is 4. The van der Waals surface area contributed by atoms with Crippen molar-refractivity contribution in [2.75, 3.05) is 11.1 Å². The molecule has 2 aromatic heterocycles. The van der Waals surface area contributed by atoms with Crippen LogP contribution in [0.3, 0.4) is 0 Å². The molecule has 19 heavy (non-hydrogen) atoms. The van der Waals surface area contributed by atoms with Crippen molar-refractivity contribution in [2.24, 2.45) is 0 Å². The Morgan fingerprint density at radius 2 is 2.32 bits per heavy atom. The van der Waals surface area contributed by atoms with Crippen LogP contribution in [-0.4, -0.2) is 15.3 Å². The maximum absolute atomic E-state index is 11.4. The lowest BCUT2D eigenvalue weighted by Crippen LogP contribution is -2.03. The van der Waals surface area contributed by atoms with Crippen molar-refractivity contribution in [1.82, 2.24) is 9.38 Å². The number of anilines is 2. The summed E-state index contributed by atoms with van der Waals surface area (Å²) in [5.41, 5.74) is 9.87. The Morgan fingerprint density at radius 3 is 3.21 bits per heavy atom. The molecule has 3 heterocycles. The lowest BCUT2D eigenvalue weighted by Gasteiger charge is -2.04. The molecule has 0 saturated heterocycles. The summed E-state index contributed by atoms with van der Waals surface area (Å²) in [6.07, 6.45) is 2.21. The standard InChI is InChI=1S/C13H10N4OS/c14-13-15-5-12-17(13)10(6-19-12)7-1-2-9-8(3-7)4-11(18)16-9/h1-3,5-6H,4H2,(H2,14,15)(H,16,18). The molecular formula is C13H10N4OS. The quantitative estimate of drug-likeness (QED) is 0.711. The lowest BCUT2D eigenvalue weighted by atomic mass is 10.1. The van der Waals surface area contributed by atoms with E-state index in [4.69, 9.17) is 5.73 Å². The van der Waals surface area contributed by atoms with Crippen molar-refractivity contribution in [1.29, 1.82) is 0 Å². The molecule has 0 aliphatic carbocycles. The van der Waals surface area contributed by atoms with Gasteiger partial charge in [-0.25, -0.2) is 4.98 Å². The van der Waals surface area contributed by atoms with E-state index in [1.165, 1.54) is 0 Å². The molecule has 0 saturated carbocycles. The first kappa shape index (κ1) is 10.6. The minimum Gasteiger partial charge on any atom is -0.369 e. The minimum atomic E-state index is 0.0461. The van der Waals surface area contributed by atoms with Crippen molar-refractivity contribution < 1.29 is 4.79 Å². The summed E-state index contributed by atoms with van der Waals surface area (Å²) in [4.78, 5) is 16.5. The van der Waals surface area contributed by atoms with Gasteiger partial charge in [-0.1, -0.05) is 6.07 Å². The summed E-state index contributed by atoms with van der Waals surface area (Å²) in [5.74, 6) is 0.533. The van der Waals surface area contributed by atoms with Gasteiger partial charge >= 0.3 is 0 Å². The largest absolute Gasteiger partial charge is 0.369 e. The van der Waals surface area contributed by atoms with Gasteiger partial charge in [0, 0.05) is 11.1 Å². The molecule has 0 atom stereocenters. The lowest BCUT2D eigenvalue weighted by molar-refractivity contribution is -0.115. The third-order valence-electron chi connectivity index (χ3n) is 3.32. The van der Waals surface area contributed by atoms with Crippen molar-refractivity contribution in [3.8, 4) is 11.3 Å². The first-order valence-electron chi connectivity index (χ1n) is 5.86. The summed E-state index contributed by atoms with van der Waals surface area (Å²) >= 11 is 1.60. The van der Waals surface area contributed by atoms with Crippen molar-refractivity contribution in [3.63, 3.8) is 0 Å². The predicted octanol–water partition coefficient (Wildman–Crippen LogP) is 2.14. The molecule has 0 bridgehead atoms. The fourth-order valence-corrected chi connectivity index (χ4v) is 3.31. The average molecular weight is 270 g/mol. The molecule has 94 valence electrons. The highest BCUT2D eigenvalue weighted by Gasteiger charge is 2.19. The van der Waals surface area contributed by atoms with Gasteiger partial charge in [0.05, 0.1) is 18.3 Å². The van der Waals surface area contributed by atoms with E-state index in [1.54, 1.807) is 17.5 Å². The number of imidazole rings is 1. The second-order valence-electron chi connectivity index (χ2n) is 4.51. The van der Waals surface area contributed by atoms with Gasteiger partial charge in [-0.05, 0) is 23.3 Å². The van der Waals surface area contributed by atoms with E-state index < -0.39 is 0 Å². The molecule has 0 spiro atoms. The number of carbonyl (C=O) groups is 1. The summed E-state index contributed by atoms with van der Waals surface area (Å²) in [6, 6.07) is 5.96. The second-order valence-corrected chi connectivity index (χ2v) is 5.40. The normalized spacial score (nSPS) is 13.8. The molecule has 5 nitrogen and oxygen atoms in total. The van der Waals surface area contributed by atoms with E-state index in [2.05, 4.69) is 15.7 Å². The zero-order valence-electron chi connectivity index (χ0n) is 9.88. The number of aromatic nitrogens is 2. The molecule has 1 aliphatic rings. The van der Waals surface area contributed by atoms with E-state index in [0.717, 1.165) is 27.3 Å². The van der Waals surface area contributed by atoms with Crippen LogP contribution in [0.1, 0.15) is 5.56 Å². The predicted molar refractivity (Wildman–Crippen MR) is 75.3 cm³/mol. The van der Waals surface area contributed by atoms with Crippen LogP contribution in [0.4, 0.5) is 11.6 Å². The fourth-order valence-electron chi connectivity index (χ4n) is 2.43. The number of nitrogens with two attached hydrogens (primary N) is 1. The van der Waals surface area contributed by atoms with E-state index in [9.17, 15) is 4.79 Å². The smallest absolute Gasteiger partial charge is 0.228 e. The maximum atomic E-state index is 11.4. The van der Waals surface area contributed by atoms with Gasteiger partial charge in [-0.2, -0.15) is 0 Å². The third-order valence-corrected chi connectivity index (χ3v) is 4.19. The number of amides is 1. The Morgan fingerprint density at radius 1 is 1.42 bits per heavy atom. The van der Waals surface area contributed by atoms with E-state index >= 15 is 0 Å². The van der Waals surface area contributed by atoms with Crippen LogP contribution in [-0.2, 0) is 11.2 Å². The van der Waals surface area contributed by atoms with Gasteiger partial charge in [0.1, 0.15) is 4.83 Å². The summed E-state index contributed by atoms with van der Waals surface area (Å²) in [6.45, 7) is 0. The minimum absolute atomic E-state index is 0.0461. The molecule has 6 heteroatoms. The number of fused-ring (bicyclic) bond motifs is 2. The van der Waals surface area contributed by atoms with E-state index in [1.807, 2.05) is 22.6 Å². The van der Waals surface area contributed by atoms with Crippen LogP contribution in [0.25, 0.3) is 16.1 Å². The van der Waals surface area contributed by atoms with Crippen LogP contribution >= 0.6 is 11.3 Å². The Balaban J connectivity index is 1.91. The average Bonchev–Trinajstić information content (AvgIpc) is 3.04. The van der Waals surface area contributed by atoms with Crippen molar-refractivity contribution in [3.05, 3.63) is 35.3 Å². The van der Waals surface area contributed by atoms with Gasteiger partial charge < -0.3 is 11.1 Å². The SMILES string of the molecule is Nc1ncc2scc(-c3ccc4c(c3)CC(=O)N4)n12. The maximum Gasteiger partial charge on any atom is 0.228 e. The molecule has 0 radical (unpaired) electrons. The van der Waals surface area contributed by atoms with E-state index in [-0.39, 0.29) is 5.91 Å². The van der Waals surface area contributed by atoms with Gasteiger partial charge in [0.2, 0.25) is 11.9 Å². The molecule has 3 N–H and O–H groups in total. The number of nitrogen functional groups attached to an aromatic ring is 1. The van der Waals surface area contributed by atoms with Gasteiger partial charge in [-0.3, -0.25) is 9.20 Å². The second kappa shape index (κ2) is 3.58. The highest BCUT2D eigenvalue weighted by Crippen LogP contribution is 2.32.